The Morgan fingerprint density at radius 2 is 1.94 bits per heavy atom. The van der Waals surface area contributed by atoms with E-state index in [1.165, 1.54) is 0 Å². The Morgan fingerprint density at radius 1 is 1.33 bits per heavy atom. The lowest BCUT2D eigenvalue weighted by molar-refractivity contribution is 0.111. The molecule has 0 radical (unpaired) electrons. The third-order valence-electron chi connectivity index (χ3n) is 3.69. The van der Waals surface area contributed by atoms with Crippen LogP contribution in [-0.4, -0.2) is 19.6 Å². The van der Waals surface area contributed by atoms with E-state index in [0.717, 1.165) is 17.5 Å². The summed E-state index contributed by atoms with van der Waals surface area (Å²) in [5, 5.41) is 0.186. The van der Waals surface area contributed by atoms with Crippen LogP contribution in [0.15, 0.2) is 12.1 Å². The Balaban J connectivity index is 2.78. The first-order chi connectivity index (χ1) is 8.17. The zero-order chi connectivity index (χ0) is 14.0. The summed E-state index contributed by atoms with van der Waals surface area (Å²) in [6, 6.07) is 3.84. The molecule has 0 N–H and O–H groups in total. The van der Waals surface area contributed by atoms with Crippen molar-refractivity contribution in [1.29, 1.82) is 0 Å². The van der Waals surface area contributed by atoms with Gasteiger partial charge in [-0.1, -0.05) is 26.8 Å². The van der Waals surface area contributed by atoms with E-state index in [2.05, 4.69) is 38.8 Å². The Hall–Kier alpha value is -1.00. The van der Waals surface area contributed by atoms with Crippen LogP contribution in [0.2, 0.25) is 18.1 Å². The first-order valence-electron chi connectivity index (χ1n) is 6.23. The Morgan fingerprint density at radius 3 is 2.44 bits per heavy atom. The molecular formula is C14H23NO2Si. The fraction of sp³-hybridized carbons (Fsp3) is 0.571. The molecule has 0 aromatic carbocycles. The number of carbonyl (C=O) groups excluding carboxylic acids is 1. The van der Waals surface area contributed by atoms with Crippen molar-refractivity contribution in [3.05, 3.63) is 29.1 Å². The molecule has 18 heavy (non-hydrogen) atoms. The lowest BCUT2D eigenvalue weighted by Crippen LogP contribution is -2.40. The van der Waals surface area contributed by atoms with Gasteiger partial charge in [-0.3, -0.25) is 4.79 Å². The Kier molecular flexibility index (Phi) is 4.45. The predicted molar refractivity (Wildman–Crippen MR) is 76.3 cm³/mol. The number of hydrogen-bond acceptors (Lipinski definition) is 3. The average molecular weight is 265 g/mol. The van der Waals surface area contributed by atoms with Gasteiger partial charge in [-0.2, -0.15) is 0 Å². The fourth-order valence-electron chi connectivity index (χ4n) is 1.26. The molecule has 0 aliphatic carbocycles. The molecule has 3 nitrogen and oxygen atoms in total. The van der Waals surface area contributed by atoms with E-state index in [1.807, 2.05) is 19.1 Å². The van der Waals surface area contributed by atoms with Gasteiger partial charge in [0.1, 0.15) is 5.69 Å². The number of rotatable bonds is 4. The molecular weight excluding hydrogens is 242 g/mol. The smallest absolute Gasteiger partial charge is 0.192 e. The quantitative estimate of drug-likeness (QED) is 0.615. The van der Waals surface area contributed by atoms with Gasteiger partial charge in [0.15, 0.2) is 14.6 Å². The minimum Gasteiger partial charge on any atom is -0.411 e. The van der Waals surface area contributed by atoms with Gasteiger partial charge in [-0.15, -0.1) is 0 Å². The lowest BCUT2D eigenvalue weighted by atomic mass is 10.2. The second kappa shape index (κ2) is 5.32. The second-order valence-corrected chi connectivity index (χ2v) is 11.0. The van der Waals surface area contributed by atoms with E-state index < -0.39 is 8.32 Å². The SMILES string of the molecule is Cc1ccc(CO[Si](C)(C)C(C)(C)C)nc1C=O. The first-order valence-corrected chi connectivity index (χ1v) is 9.14. The number of aryl methyl sites for hydroxylation is 1. The summed E-state index contributed by atoms with van der Waals surface area (Å²) in [7, 11) is -1.76. The van der Waals surface area contributed by atoms with E-state index in [-0.39, 0.29) is 5.04 Å². The number of carbonyl (C=O) groups is 1. The van der Waals surface area contributed by atoms with Crippen LogP contribution in [0.3, 0.4) is 0 Å². The minimum absolute atomic E-state index is 0.186. The molecule has 0 saturated carbocycles. The highest BCUT2D eigenvalue weighted by molar-refractivity contribution is 6.74. The van der Waals surface area contributed by atoms with Crippen LogP contribution in [0.4, 0.5) is 0 Å². The van der Waals surface area contributed by atoms with E-state index in [0.29, 0.717) is 12.3 Å². The zero-order valence-electron chi connectivity index (χ0n) is 12.2. The molecule has 0 spiro atoms. The lowest BCUT2D eigenvalue weighted by Gasteiger charge is -2.36. The summed E-state index contributed by atoms with van der Waals surface area (Å²) in [5.74, 6) is 0. The zero-order valence-corrected chi connectivity index (χ0v) is 13.2. The van der Waals surface area contributed by atoms with Gasteiger partial charge in [-0.05, 0) is 36.7 Å². The molecule has 0 aliphatic rings. The number of aldehydes is 1. The van der Waals surface area contributed by atoms with Gasteiger partial charge in [0.25, 0.3) is 0 Å². The molecule has 0 atom stereocenters. The number of aromatic nitrogens is 1. The third kappa shape index (κ3) is 3.49. The van der Waals surface area contributed by atoms with Gasteiger partial charge in [0.2, 0.25) is 0 Å². The molecule has 0 saturated heterocycles. The van der Waals surface area contributed by atoms with Crippen LogP contribution in [0.1, 0.15) is 42.5 Å². The van der Waals surface area contributed by atoms with Crippen LogP contribution in [0.5, 0.6) is 0 Å². The van der Waals surface area contributed by atoms with Crippen LogP contribution in [-0.2, 0) is 11.0 Å². The van der Waals surface area contributed by atoms with E-state index in [4.69, 9.17) is 4.43 Å². The number of nitrogens with zero attached hydrogens (tertiary/aromatic N) is 1. The van der Waals surface area contributed by atoms with Crippen LogP contribution >= 0.6 is 0 Å². The molecule has 0 fully saturated rings. The van der Waals surface area contributed by atoms with Crippen molar-refractivity contribution in [3.63, 3.8) is 0 Å². The van der Waals surface area contributed by atoms with E-state index in [9.17, 15) is 4.79 Å². The summed E-state index contributed by atoms with van der Waals surface area (Å²) < 4.78 is 6.08. The Labute approximate surface area is 111 Å². The van der Waals surface area contributed by atoms with Crippen molar-refractivity contribution < 1.29 is 9.22 Å². The van der Waals surface area contributed by atoms with E-state index in [1.54, 1.807) is 0 Å². The molecule has 0 amide bonds. The molecule has 1 rings (SSSR count). The van der Waals surface area contributed by atoms with Gasteiger partial charge in [-0.25, -0.2) is 4.98 Å². The predicted octanol–water partition coefficient (Wildman–Crippen LogP) is 3.72. The van der Waals surface area contributed by atoms with Crippen LogP contribution < -0.4 is 0 Å². The maximum atomic E-state index is 10.8. The summed E-state index contributed by atoms with van der Waals surface area (Å²) in [4.78, 5) is 15.2. The molecule has 0 bridgehead atoms. The molecule has 0 unspecified atom stereocenters. The highest BCUT2D eigenvalue weighted by Crippen LogP contribution is 2.36. The van der Waals surface area contributed by atoms with Crippen molar-refractivity contribution in [2.75, 3.05) is 0 Å². The fourth-order valence-corrected chi connectivity index (χ4v) is 2.20. The normalized spacial score (nSPS) is 12.6. The maximum absolute atomic E-state index is 10.8. The number of pyridine rings is 1. The van der Waals surface area contributed by atoms with Gasteiger partial charge < -0.3 is 4.43 Å². The van der Waals surface area contributed by atoms with Gasteiger partial charge >= 0.3 is 0 Å². The van der Waals surface area contributed by atoms with Crippen molar-refractivity contribution in [1.82, 2.24) is 4.98 Å². The monoisotopic (exact) mass is 265 g/mol. The molecule has 4 heteroatoms. The summed E-state index contributed by atoms with van der Waals surface area (Å²) in [6.45, 7) is 13.4. The number of hydrogen-bond donors (Lipinski definition) is 0. The summed E-state index contributed by atoms with van der Waals surface area (Å²) in [6.07, 6.45) is 0.797. The third-order valence-corrected chi connectivity index (χ3v) is 8.17. The first kappa shape index (κ1) is 15.1. The largest absolute Gasteiger partial charge is 0.411 e. The summed E-state index contributed by atoms with van der Waals surface area (Å²) in [5.41, 5.74) is 2.24. The molecule has 1 aromatic rings. The highest BCUT2D eigenvalue weighted by Gasteiger charge is 2.37. The van der Waals surface area contributed by atoms with Crippen molar-refractivity contribution in [2.24, 2.45) is 0 Å². The topological polar surface area (TPSA) is 39.2 Å². The van der Waals surface area contributed by atoms with Crippen LogP contribution in [0.25, 0.3) is 0 Å². The van der Waals surface area contributed by atoms with Crippen molar-refractivity contribution in [2.45, 2.75) is 52.4 Å². The second-order valence-electron chi connectivity index (χ2n) is 6.17. The standard InChI is InChI=1S/C14H23NO2Si/c1-11-7-8-12(15-13(11)9-16)10-17-18(5,6)14(2,3)4/h7-9H,10H2,1-6H3. The van der Waals surface area contributed by atoms with Crippen molar-refractivity contribution in [3.8, 4) is 0 Å². The van der Waals surface area contributed by atoms with Crippen molar-refractivity contribution >= 4 is 14.6 Å². The van der Waals surface area contributed by atoms with Gasteiger partial charge in [0, 0.05) is 0 Å². The Bertz CT molecular complexity index is 436. The van der Waals surface area contributed by atoms with Gasteiger partial charge in [0.05, 0.1) is 12.3 Å². The van der Waals surface area contributed by atoms with E-state index >= 15 is 0 Å². The molecule has 1 heterocycles. The van der Waals surface area contributed by atoms with Crippen LogP contribution in [0, 0.1) is 6.92 Å². The highest BCUT2D eigenvalue weighted by atomic mass is 28.4. The minimum atomic E-state index is -1.76. The molecule has 0 aliphatic heterocycles. The maximum Gasteiger partial charge on any atom is 0.192 e. The molecule has 1 aromatic heterocycles. The molecule has 100 valence electrons. The summed E-state index contributed by atoms with van der Waals surface area (Å²) >= 11 is 0. The average Bonchev–Trinajstić information content (AvgIpc) is 2.26.